The van der Waals surface area contributed by atoms with Crippen LogP contribution < -0.4 is 20.8 Å². The maximum Gasteiger partial charge on any atom is 0.576 e. The summed E-state index contributed by atoms with van der Waals surface area (Å²) in [4.78, 5) is 21.8. The molecule has 0 heterocycles. The average molecular weight is 284 g/mol. The molecule has 0 aliphatic heterocycles. The summed E-state index contributed by atoms with van der Waals surface area (Å²) in [5.74, 6) is 0.113. The van der Waals surface area contributed by atoms with Crippen LogP contribution >= 0.6 is 0 Å². The van der Waals surface area contributed by atoms with Crippen LogP contribution in [0.5, 0.6) is 11.5 Å². The van der Waals surface area contributed by atoms with Gasteiger partial charge in [0.25, 0.3) is 0 Å². The van der Waals surface area contributed by atoms with E-state index < -0.39 is 11.8 Å². The molecule has 0 aromatic heterocycles. The quantitative estimate of drug-likeness (QED) is 0.758. The fraction of sp³-hybridized carbons (Fsp3) is 0. The smallest absolute Gasteiger partial charge is 0.529 e. The van der Waals surface area contributed by atoms with Gasteiger partial charge in [-0.1, -0.05) is 0 Å². The first kappa shape index (κ1) is 14.5. The van der Waals surface area contributed by atoms with Gasteiger partial charge in [-0.05, 0) is 48.5 Å². The Labute approximate surface area is 122 Å². The van der Waals surface area contributed by atoms with Gasteiger partial charge in [0.05, 0.1) is 0 Å². The standard InChI is InChI=1S/C14H13BN2O4/c16-13(18)9-1-5-11(6-2-9)20-15-21-12-7-3-10(4-8-12)14(17)19/h1-8,15H,(H2,16,18)(H2,17,19). The summed E-state index contributed by atoms with van der Waals surface area (Å²) in [5, 5.41) is 0. The largest absolute Gasteiger partial charge is 0.576 e. The molecule has 2 aromatic carbocycles. The van der Waals surface area contributed by atoms with E-state index in [1.807, 2.05) is 0 Å². The van der Waals surface area contributed by atoms with Crippen molar-refractivity contribution in [3.8, 4) is 11.5 Å². The van der Waals surface area contributed by atoms with Crippen LogP contribution in [0, 0.1) is 0 Å². The zero-order chi connectivity index (χ0) is 15.2. The van der Waals surface area contributed by atoms with E-state index in [1.54, 1.807) is 48.5 Å². The monoisotopic (exact) mass is 284 g/mol. The lowest BCUT2D eigenvalue weighted by atomic mass is 10.2. The van der Waals surface area contributed by atoms with Crippen molar-refractivity contribution in [1.82, 2.24) is 0 Å². The van der Waals surface area contributed by atoms with Gasteiger partial charge in [-0.25, -0.2) is 0 Å². The van der Waals surface area contributed by atoms with E-state index in [4.69, 9.17) is 20.8 Å². The van der Waals surface area contributed by atoms with Crippen molar-refractivity contribution in [3.05, 3.63) is 59.7 Å². The third-order valence-corrected chi connectivity index (χ3v) is 2.73. The summed E-state index contributed by atoms with van der Waals surface area (Å²) in [6.45, 7) is 0. The first-order valence-electron chi connectivity index (χ1n) is 6.11. The van der Waals surface area contributed by atoms with Crippen LogP contribution in [-0.4, -0.2) is 19.5 Å². The molecule has 2 rings (SSSR count). The highest BCUT2D eigenvalue weighted by Gasteiger charge is 2.04. The van der Waals surface area contributed by atoms with Gasteiger partial charge in [-0.3, -0.25) is 9.59 Å². The Morgan fingerprint density at radius 3 is 1.33 bits per heavy atom. The van der Waals surface area contributed by atoms with Crippen LogP contribution in [-0.2, 0) is 0 Å². The van der Waals surface area contributed by atoms with Crippen LogP contribution in [0.15, 0.2) is 48.5 Å². The van der Waals surface area contributed by atoms with Crippen LogP contribution in [0.25, 0.3) is 0 Å². The minimum Gasteiger partial charge on any atom is -0.529 e. The van der Waals surface area contributed by atoms with Gasteiger partial charge >= 0.3 is 7.69 Å². The highest BCUT2D eigenvalue weighted by molar-refractivity contribution is 6.20. The lowest BCUT2D eigenvalue weighted by molar-refractivity contribution is 0.0992. The Bertz CT molecular complexity index is 584. The summed E-state index contributed by atoms with van der Waals surface area (Å²) in [6, 6.07) is 12.8. The minimum atomic E-state index is -0.493. The van der Waals surface area contributed by atoms with Crippen molar-refractivity contribution in [3.63, 3.8) is 0 Å². The zero-order valence-electron chi connectivity index (χ0n) is 11.1. The molecule has 0 unspecified atom stereocenters. The van der Waals surface area contributed by atoms with Gasteiger partial charge in [-0.2, -0.15) is 0 Å². The molecular formula is C14H13BN2O4. The summed E-state index contributed by atoms with van der Waals surface area (Å²) in [5.41, 5.74) is 11.1. The summed E-state index contributed by atoms with van der Waals surface area (Å²) in [7, 11) is -0.00810. The number of hydrogen-bond donors (Lipinski definition) is 2. The van der Waals surface area contributed by atoms with Gasteiger partial charge in [0.1, 0.15) is 11.5 Å². The van der Waals surface area contributed by atoms with Crippen LogP contribution in [0.3, 0.4) is 0 Å². The minimum absolute atomic E-state index is 0.00810. The normalized spacial score (nSPS) is 9.71. The van der Waals surface area contributed by atoms with E-state index in [0.717, 1.165) is 0 Å². The number of carbonyl (C=O) groups excluding carboxylic acids is 2. The molecule has 7 heteroatoms. The second kappa shape index (κ2) is 6.47. The predicted molar refractivity (Wildman–Crippen MR) is 78.3 cm³/mol. The number of benzene rings is 2. The van der Waals surface area contributed by atoms with Crippen LogP contribution in [0.2, 0.25) is 0 Å². The maximum absolute atomic E-state index is 10.9. The van der Waals surface area contributed by atoms with Gasteiger partial charge in [0, 0.05) is 11.1 Å². The Balaban J connectivity index is 1.86. The number of hydrogen-bond acceptors (Lipinski definition) is 4. The summed E-state index contributed by atoms with van der Waals surface area (Å²) in [6.07, 6.45) is 0. The van der Waals surface area contributed by atoms with Crippen molar-refractivity contribution >= 4 is 19.5 Å². The van der Waals surface area contributed by atoms with Crippen LogP contribution in [0.1, 0.15) is 20.7 Å². The van der Waals surface area contributed by atoms with Gasteiger partial charge in [0.2, 0.25) is 11.8 Å². The molecule has 2 aromatic rings. The van der Waals surface area contributed by atoms with E-state index >= 15 is 0 Å². The van der Waals surface area contributed by atoms with Crippen LogP contribution in [0.4, 0.5) is 0 Å². The molecule has 2 amide bonds. The number of carbonyl (C=O) groups is 2. The summed E-state index contributed by atoms with van der Waals surface area (Å²) < 4.78 is 10.7. The number of rotatable bonds is 6. The molecule has 0 spiro atoms. The molecule has 0 bridgehead atoms. The topological polar surface area (TPSA) is 105 Å². The second-order valence-corrected chi connectivity index (χ2v) is 4.18. The van der Waals surface area contributed by atoms with Gasteiger partial charge < -0.3 is 20.8 Å². The molecule has 4 N–H and O–H groups in total. The Hall–Kier alpha value is -2.96. The van der Waals surface area contributed by atoms with E-state index in [0.29, 0.717) is 22.6 Å². The molecule has 0 saturated carbocycles. The first-order chi connectivity index (χ1) is 10.1. The van der Waals surface area contributed by atoms with E-state index in [2.05, 4.69) is 0 Å². The fourth-order valence-electron chi connectivity index (χ4n) is 1.60. The summed E-state index contributed by atoms with van der Waals surface area (Å²) >= 11 is 0. The molecule has 0 fully saturated rings. The van der Waals surface area contributed by atoms with E-state index in [-0.39, 0.29) is 7.69 Å². The molecule has 0 radical (unpaired) electrons. The SMILES string of the molecule is NC(=O)c1ccc(OBOc2ccc(C(N)=O)cc2)cc1. The number of nitrogens with two attached hydrogens (primary N) is 2. The third-order valence-electron chi connectivity index (χ3n) is 2.73. The second-order valence-electron chi connectivity index (χ2n) is 4.18. The molecule has 6 nitrogen and oxygen atoms in total. The Kier molecular flexibility index (Phi) is 4.45. The third kappa shape index (κ3) is 4.00. The highest BCUT2D eigenvalue weighted by atomic mass is 16.6. The Morgan fingerprint density at radius 2 is 1.05 bits per heavy atom. The van der Waals surface area contributed by atoms with E-state index in [9.17, 15) is 9.59 Å². The molecule has 0 atom stereocenters. The van der Waals surface area contributed by atoms with Crippen molar-refractivity contribution in [2.45, 2.75) is 0 Å². The lowest BCUT2D eigenvalue weighted by Gasteiger charge is -2.08. The van der Waals surface area contributed by atoms with Gasteiger partial charge in [-0.15, -0.1) is 0 Å². The Morgan fingerprint density at radius 1 is 0.714 bits per heavy atom. The lowest BCUT2D eigenvalue weighted by Crippen LogP contribution is -2.13. The first-order valence-corrected chi connectivity index (χ1v) is 6.11. The molecule has 21 heavy (non-hydrogen) atoms. The maximum atomic E-state index is 10.9. The molecular weight excluding hydrogens is 271 g/mol. The zero-order valence-corrected chi connectivity index (χ0v) is 11.1. The van der Waals surface area contributed by atoms with Crippen molar-refractivity contribution in [1.29, 1.82) is 0 Å². The molecule has 0 saturated heterocycles. The molecule has 0 aliphatic carbocycles. The van der Waals surface area contributed by atoms with Gasteiger partial charge in [0.15, 0.2) is 0 Å². The number of amides is 2. The molecule has 0 aliphatic rings. The van der Waals surface area contributed by atoms with Crippen molar-refractivity contribution < 1.29 is 18.9 Å². The van der Waals surface area contributed by atoms with E-state index in [1.165, 1.54) is 0 Å². The fourth-order valence-corrected chi connectivity index (χ4v) is 1.60. The van der Waals surface area contributed by atoms with Crippen molar-refractivity contribution in [2.75, 3.05) is 0 Å². The highest BCUT2D eigenvalue weighted by Crippen LogP contribution is 2.14. The number of primary amides is 2. The average Bonchev–Trinajstić information content (AvgIpc) is 2.48. The molecule has 106 valence electrons. The predicted octanol–water partition coefficient (Wildman–Crippen LogP) is 0.609. The van der Waals surface area contributed by atoms with Crippen molar-refractivity contribution in [2.24, 2.45) is 11.5 Å².